The molecule has 5 nitrogen and oxygen atoms in total. The van der Waals surface area contributed by atoms with E-state index in [0.717, 1.165) is 6.42 Å². The lowest BCUT2D eigenvalue weighted by atomic mass is 10.1. The van der Waals surface area contributed by atoms with Gasteiger partial charge in [-0.1, -0.05) is 13.8 Å². The highest BCUT2D eigenvalue weighted by molar-refractivity contribution is 5.74. The number of carboxylic acids is 1. The van der Waals surface area contributed by atoms with Crippen LogP contribution in [0.1, 0.15) is 33.6 Å². The molecule has 0 saturated carbocycles. The Labute approximate surface area is 90.2 Å². The van der Waals surface area contributed by atoms with Crippen LogP contribution in [0.2, 0.25) is 0 Å². The van der Waals surface area contributed by atoms with E-state index >= 15 is 0 Å². The van der Waals surface area contributed by atoms with Crippen LogP contribution >= 0.6 is 0 Å². The molecule has 0 aromatic rings. The van der Waals surface area contributed by atoms with E-state index in [1.807, 2.05) is 13.8 Å². The zero-order valence-corrected chi connectivity index (χ0v) is 9.54. The molecular formula is C10H20N2O3. The molecule has 0 radical (unpaired) electrons. The normalized spacial score (nSPS) is 14.1. The summed E-state index contributed by atoms with van der Waals surface area (Å²) in [6.45, 7) is 5.91. The lowest BCUT2D eigenvalue weighted by molar-refractivity contribution is -0.141. The maximum Gasteiger partial charge on any atom is 0.314 e. The van der Waals surface area contributed by atoms with Gasteiger partial charge in [0.05, 0.1) is 5.92 Å². The van der Waals surface area contributed by atoms with E-state index in [9.17, 15) is 9.59 Å². The first-order chi connectivity index (χ1) is 6.97. The maximum absolute atomic E-state index is 11.2. The van der Waals surface area contributed by atoms with Crippen LogP contribution in [-0.4, -0.2) is 29.7 Å². The average molecular weight is 216 g/mol. The molecule has 2 unspecified atom stereocenters. The Morgan fingerprint density at radius 3 is 2.40 bits per heavy atom. The van der Waals surface area contributed by atoms with Gasteiger partial charge in [0.1, 0.15) is 0 Å². The van der Waals surface area contributed by atoms with Gasteiger partial charge in [0.15, 0.2) is 0 Å². The molecule has 0 aliphatic carbocycles. The standard InChI is InChI=1S/C10H20N2O3/c1-4-8(3)12-10(15)11-6-5-7(2)9(13)14/h7-8H,4-6H2,1-3H3,(H,13,14)(H2,11,12,15). The van der Waals surface area contributed by atoms with Gasteiger partial charge in [-0.3, -0.25) is 4.79 Å². The molecule has 0 aliphatic rings. The summed E-state index contributed by atoms with van der Waals surface area (Å²) in [5.74, 6) is -1.26. The monoisotopic (exact) mass is 216 g/mol. The molecule has 0 bridgehead atoms. The third-order valence-corrected chi connectivity index (χ3v) is 2.27. The van der Waals surface area contributed by atoms with Crippen molar-refractivity contribution in [3.63, 3.8) is 0 Å². The van der Waals surface area contributed by atoms with Crippen molar-refractivity contribution in [1.82, 2.24) is 10.6 Å². The number of urea groups is 1. The maximum atomic E-state index is 11.2. The summed E-state index contributed by atoms with van der Waals surface area (Å²) in [5.41, 5.74) is 0. The number of nitrogens with one attached hydrogen (secondary N) is 2. The first kappa shape index (κ1) is 13.7. The van der Waals surface area contributed by atoms with Crippen LogP contribution in [0.3, 0.4) is 0 Å². The Balaban J connectivity index is 3.59. The van der Waals surface area contributed by atoms with E-state index in [2.05, 4.69) is 10.6 Å². The molecule has 3 N–H and O–H groups in total. The Morgan fingerprint density at radius 1 is 1.33 bits per heavy atom. The van der Waals surface area contributed by atoms with Crippen molar-refractivity contribution in [1.29, 1.82) is 0 Å². The summed E-state index contributed by atoms with van der Waals surface area (Å²) in [6.07, 6.45) is 1.32. The number of amides is 2. The third-order valence-electron chi connectivity index (χ3n) is 2.27. The molecule has 88 valence electrons. The first-order valence-corrected chi connectivity index (χ1v) is 5.24. The van der Waals surface area contributed by atoms with Crippen LogP contribution in [0.5, 0.6) is 0 Å². The number of carbonyl (C=O) groups is 2. The molecule has 0 aromatic carbocycles. The molecule has 0 rings (SSSR count). The van der Waals surface area contributed by atoms with E-state index in [1.165, 1.54) is 0 Å². The number of rotatable bonds is 6. The van der Waals surface area contributed by atoms with Crippen LogP contribution in [0.4, 0.5) is 4.79 Å². The fourth-order valence-corrected chi connectivity index (χ4v) is 0.903. The molecule has 5 heteroatoms. The summed E-state index contributed by atoms with van der Waals surface area (Å²) >= 11 is 0. The third kappa shape index (κ3) is 6.76. The van der Waals surface area contributed by atoms with E-state index in [0.29, 0.717) is 13.0 Å². The van der Waals surface area contributed by atoms with Crippen LogP contribution < -0.4 is 10.6 Å². The van der Waals surface area contributed by atoms with Crippen molar-refractivity contribution in [2.24, 2.45) is 5.92 Å². The number of aliphatic carboxylic acids is 1. The zero-order valence-electron chi connectivity index (χ0n) is 9.54. The van der Waals surface area contributed by atoms with E-state index in [-0.39, 0.29) is 12.1 Å². The Bertz CT molecular complexity index is 219. The second kappa shape index (κ2) is 7.09. The summed E-state index contributed by atoms with van der Waals surface area (Å²) in [6, 6.07) is -0.0937. The number of hydrogen-bond acceptors (Lipinski definition) is 2. The largest absolute Gasteiger partial charge is 0.481 e. The Kier molecular flexibility index (Phi) is 6.49. The van der Waals surface area contributed by atoms with Crippen molar-refractivity contribution in [2.45, 2.75) is 39.7 Å². The minimum atomic E-state index is -0.834. The second-order valence-corrected chi connectivity index (χ2v) is 3.74. The van der Waals surface area contributed by atoms with Crippen molar-refractivity contribution in [3.8, 4) is 0 Å². The fraction of sp³-hybridized carbons (Fsp3) is 0.800. The molecular weight excluding hydrogens is 196 g/mol. The molecule has 0 saturated heterocycles. The minimum absolute atomic E-state index is 0.141. The van der Waals surface area contributed by atoms with Crippen molar-refractivity contribution < 1.29 is 14.7 Å². The van der Waals surface area contributed by atoms with Gasteiger partial charge in [0, 0.05) is 12.6 Å². The topological polar surface area (TPSA) is 78.4 Å². The van der Waals surface area contributed by atoms with Gasteiger partial charge in [0.2, 0.25) is 0 Å². The molecule has 15 heavy (non-hydrogen) atoms. The van der Waals surface area contributed by atoms with Gasteiger partial charge in [-0.15, -0.1) is 0 Å². The number of carboxylic acid groups (broad SMARTS) is 1. The Morgan fingerprint density at radius 2 is 1.93 bits per heavy atom. The van der Waals surface area contributed by atoms with Crippen LogP contribution in [-0.2, 0) is 4.79 Å². The van der Waals surface area contributed by atoms with E-state index < -0.39 is 11.9 Å². The van der Waals surface area contributed by atoms with Gasteiger partial charge in [-0.25, -0.2) is 4.79 Å². The molecule has 0 aliphatic heterocycles. The van der Waals surface area contributed by atoms with Gasteiger partial charge < -0.3 is 15.7 Å². The second-order valence-electron chi connectivity index (χ2n) is 3.74. The van der Waals surface area contributed by atoms with Crippen LogP contribution in [0.25, 0.3) is 0 Å². The highest BCUT2D eigenvalue weighted by Gasteiger charge is 2.11. The van der Waals surface area contributed by atoms with Crippen molar-refractivity contribution in [3.05, 3.63) is 0 Å². The zero-order chi connectivity index (χ0) is 11.8. The summed E-state index contributed by atoms with van der Waals surface area (Å²) < 4.78 is 0. The Hall–Kier alpha value is -1.26. The SMILES string of the molecule is CCC(C)NC(=O)NCCC(C)C(=O)O. The molecule has 0 aromatic heterocycles. The minimum Gasteiger partial charge on any atom is -0.481 e. The van der Waals surface area contributed by atoms with Gasteiger partial charge in [-0.05, 0) is 19.8 Å². The molecule has 0 spiro atoms. The summed E-state index contributed by atoms with van der Waals surface area (Å²) in [4.78, 5) is 21.7. The van der Waals surface area contributed by atoms with E-state index in [1.54, 1.807) is 6.92 Å². The predicted octanol–water partition coefficient (Wildman–Crippen LogP) is 1.19. The summed E-state index contributed by atoms with van der Waals surface area (Å²) in [7, 11) is 0. The molecule has 0 heterocycles. The highest BCUT2D eigenvalue weighted by Crippen LogP contribution is 1.99. The molecule has 2 atom stereocenters. The van der Waals surface area contributed by atoms with Gasteiger partial charge >= 0.3 is 12.0 Å². The number of carbonyl (C=O) groups excluding carboxylic acids is 1. The first-order valence-electron chi connectivity index (χ1n) is 5.24. The van der Waals surface area contributed by atoms with Crippen molar-refractivity contribution >= 4 is 12.0 Å². The predicted molar refractivity (Wildman–Crippen MR) is 57.7 cm³/mol. The van der Waals surface area contributed by atoms with E-state index in [4.69, 9.17) is 5.11 Å². The lowest BCUT2D eigenvalue weighted by Crippen LogP contribution is -2.41. The number of hydrogen-bond donors (Lipinski definition) is 3. The summed E-state index contributed by atoms with van der Waals surface area (Å²) in [5, 5.41) is 14.0. The van der Waals surface area contributed by atoms with Crippen LogP contribution in [0.15, 0.2) is 0 Å². The fourth-order valence-electron chi connectivity index (χ4n) is 0.903. The lowest BCUT2D eigenvalue weighted by Gasteiger charge is -2.13. The van der Waals surface area contributed by atoms with Crippen LogP contribution in [0, 0.1) is 5.92 Å². The molecule has 0 fully saturated rings. The molecule has 2 amide bonds. The smallest absolute Gasteiger partial charge is 0.314 e. The van der Waals surface area contributed by atoms with Gasteiger partial charge in [-0.2, -0.15) is 0 Å². The van der Waals surface area contributed by atoms with Gasteiger partial charge in [0.25, 0.3) is 0 Å². The average Bonchev–Trinajstić information content (AvgIpc) is 2.17. The van der Waals surface area contributed by atoms with Crippen molar-refractivity contribution in [2.75, 3.05) is 6.54 Å². The highest BCUT2D eigenvalue weighted by atomic mass is 16.4. The quantitative estimate of drug-likeness (QED) is 0.624.